The van der Waals surface area contributed by atoms with Crippen molar-refractivity contribution in [1.82, 2.24) is 20.0 Å². The quantitative estimate of drug-likeness (QED) is 0.0199. The number of hydrogen-bond acceptors (Lipinski definition) is 11. The molecule has 2 N–H and O–H groups in total. The van der Waals surface area contributed by atoms with Crippen LogP contribution in [-0.4, -0.2) is 128 Å². The third-order valence-corrected chi connectivity index (χ3v) is 13.6. The van der Waals surface area contributed by atoms with Crippen LogP contribution in [-0.2, 0) is 38.3 Å². The van der Waals surface area contributed by atoms with E-state index in [1.165, 1.54) is 38.5 Å². The molecule has 13 nitrogen and oxygen atoms in total. The largest absolute Gasteiger partial charge is 1.00 e. The first kappa shape index (κ1) is 72.5. The van der Waals surface area contributed by atoms with E-state index in [0.29, 0.717) is 44.2 Å². The fraction of sp³-hybridized carbons (Fsp3) is 0.281. The molecule has 2 heterocycles. The van der Waals surface area contributed by atoms with Gasteiger partial charge >= 0.3 is 121 Å². The van der Waals surface area contributed by atoms with Gasteiger partial charge in [0.15, 0.2) is 0 Å². The van der Waals surface area contributed by atoms with E-state index in [4.69, 9.17) is 15.7 Å². The number of amides is 2. The number of piperidine rings is 2. The van der Waals surface area contributed by atoms with Gasteiger partial charge in [-0.25, -0.2) is 23.6 Å². The van der Waals surface area contributed by atoms with Gasteiger partial charge in [-0.15, -0.1) is 0 Å². The van der Waals surface area contributed by atoms with Crippen molar-refractivity contribution in [2.24, 2.45) is 0 Å². The standard InChI is InChI=1S/C31H31FN2O3.C22H26N2O3.C9H6BrF.CH2F.CH2O3.2K/c1-33(20-9-10-23-15-17-26(32)18-16-23)27-19-21-34(28(22-27)31(36)37-2)30(35)29(24-11-5-3-6-12-24)25-13-7-4-8-14-25;1-23-18-13-14-24(19(15-18)22(26)27-2)21(25)20(16-9-5-3-6-10-16)17-11-7-4-8-12-17;10-7-1-2-8-3-5-9(11)6-4-8;1-2;2-1-4-3;;/h3-8,11-18,27-29H,19-22H2,1-2H3;3-12,18-20,23H,13-15H2,1-2H3;3-6H,7H2;1H2;1,3H;;/q;;;-1;;2*+1/t27-,28+;18-,19+;;;;;/m11...../s1/i/hD. The third-order valence-electron chi connectivity index (χ3n) is 13.3. The maximum absolute atomic E-state index is 14.0. The van der Waals surface area contributed by atoms with Gasteiger partial charge in [0.25, 0.3) is 1.43 Å². The van der Waals surface area contributed by atoms with Gasteiger partial charge < -0.3 is 33.9 Å². The van der Waals surface area contributed by atoms with Crippen molar-refractivity contribution in [3.05, 3.63) is 222 Å². The van der Waals surface area contributed by atoms with Crippen molar-refractivity contribution in [3.63, 3.8) is 0 Å². The third kappa shape index (κ3) is 24.2. The molecule has 0 aromatic heterocycles. The minimum atomic E-state index is -0.682. The number of rotatable bonds is 13. The molecular weight excluding hydrogens is 1180 g/mol. The van der Waals surface area contributed by atoms with E-state index < -0.39 is 29.9 Å². The summed E-state index contributed by atoms with van der Waals surface area (Å²) in [5.41, 5.74) is 5.21. The summed E-state index contributed by atoms with van der Waals surface area (Å²) >= 11 is 3.17. The molecule has 6 aromatic carbocycles. The zero-order chi connectivity index (χ0) is 59.7. The molecule has 426 valence electrons. The van der Waals surface area contributed by atoms with Crippen LogP contribution >= 0.6 is 15.9 Å². The molecule has 0 bridgehead atoms. The number of likely N-dealkylation sites (tertiary alicyclic amines) is 2. The average Bonchev–Trinajstić information content (AvgIpc) is 3.23. The monoisotopic (exact) mass is 1250 g/mol. The number of halogens is 4. The number of ether oxygens (including phenoxy) is 2. The number of nitrogens with zero attached hydrogens (tertiary/aromatic N) is 3. The second-order valence-electron chi connectivity index (χ2n) is 18.2. The Morgan fingerprint density at radius 3 is 1.37 bits per heavy atom. The zero-order valence-electron chi connectivity index (χ0n) is 48.6. The van der Waals surface area contributed by atoms with Gasteiger partial charge in [-0.3, -0.25) is 19.3 Å². The fourth-order valence-electron chi connectivity index (χ4n) is 9.29. The normalized spacial score (nSPS) is 15.7. The summed E-state index contributed by atoms with van der Waals surface area (Å²) in [6, 6.07) is 50.0. The Morgan fingerprint density at radius 1 is 0.663 bits per heavy atom. The van der Waals surface area contributed by atoms with E-state index in [0.717, 1.165) is 39.8 Å². The van der Waals surface area contributed by atoms with Crippen molar-refractivity contribution in [3.8, 4) is 23.7 Å². The van der Waals surface area contributed by atoms with Crippen LogP contribution < -0.4 is 108 Å². The second-order valence-corrected chi connectivity index (χ2v) is 18.8. The summed E-state index contributed by atoms with van der Waals surface area (Å²) in [4.78, 5) is 70.7. The number of esters is 2. The van der Waals surface area contributed by atoms with Gasteiger partial charge in [0.1, 0.15) is 23.7 Å². The molecule has 0 unspecified atom stereocenters. The molecule has 19 heteroatoms. The van der Waals surface area contributed by atoms with E-state index in [2.05, 4.69) is 60.0 Å². The molecule has 4 atom stereocenters. The Morgan fingerprint density at radius 2 is 1.04 bits per heavy atom. The molecule has 2 aliphatic rings. The van der Waals surface area contributed by atoms with E-state index >= 15 is 0 Å². The molecule has 0 radical (unpaired) electrons. The molecule has 0 saturated carbocycles. The van der Waals surface area contributed by atoms with E-state index in [1.54, 1.807) is 41.2 Å². The second kappa shape index (κ2) is 42.1. The van der Waals surface area contributed by atoms with E-state index in [9.17, 15) is 32.3 Å². The van der Waals surface area contributed by atoms with Crippen molar-refractivity contribution in [2.75, 3.05) is 53.3 Å². The van der Waals surface area contributed by atoms with Gasteiger partial charge in [-0.1, -0.05) is 161 Å². The summed E-state index contributed by atoms with van der Waals surface area (Å²) in [5, 5.41) is 6.94. The first-order valence-corrected chi connectivity index (χ1v) is 26.9. The number of carbonyl (C=O) groups is 5. The molecule has 2 saturated heterocycles. The molecule has 0 spiro atoms. The van der Waals surface area contributed by atoms with Gasteiger partial charge in [-0.2, -0.15) is 7.18 Å². The van der Waals surface area contributed by atoms with Crippen LogP contribution in [0.3, 0.4) is 0 Å². The Balaban J connectivity index is 0.000000446. The summed E-state index contributed by atoms with van der Waals surface area (Å²) in [6.07, 6.45) is 2.55. The Labute approximate surface area is 580 Å². The maximum Gasteiger partial charge on any atom is 1.00 e. The topological polar surface area (TPSA) is 155 Å². The Hall–Kier alpha value is -4.79. The smallest absolute Gasteiger partial charge is 0.467 e. The van der Waals surface area contributed by atoms with E-state index in [1.807, 2.05) is 135 Å². The summed E-state index contributed by atoms with van der Waals surface area (Å²) in [7, 11) is 8.33. The number of carbonyl (C=O) groups excluding carboxylic acids is 5. The molecule has 0 aliphatic carbocycles. The van der Waals surface area contributed by atoms with Crippen LogP contribution in [0, 0.1) is 42.5 Å². The fourth-order valence-corrected chi connectivity index (χ4v) is 9.43. The molecular formula is C64H67BrF3K2N4O9+. The van der Waals surface area contributed by atoms with E-state index in [-0.39, 0.29) is 151 Å². The number of benzene rings is 6. The van der Waals surface area contributed by atoms with Crippen molar-refractivity contribution in [2.45, 2.75) is 61.7 Å². The summed E-state index contributed by atoms with van der Waals surface area (Å²) < 4.78 is 50.5. The van der Waals surface area contributed by atoms with Gasteiger partial charge in [0, 0.05) is 36.3 Å². The summed E-state index contributed by atoms with van der Waals surface area (Å²) in [5.74, 6) is 9.46. The maximum atomic E-state index is 14.0. The minimum absolute atomic E-state index is 0. The van der Waals surface area contributed by atoms with Crippen LogP contribution in [0.2, 0.25) is 0 Å². The van der Waals surface area contributed by atoms with Crippen LogP contribution in [0.4, 0.5) is 13.2 Å². The zero-order valence-corrected chi connectivity index (χ0v) is 55.4. The first-order chi connectivity index (χ1) is 39.9. The van der Waals surface area contributed by atoms with Crippen LogP contribution in [0.25, 0.3) is 1.43 Å². The number of nitrogens with one attached hydrogen (secondary N) is 1. The number of methoxy groups -OCH3 is 2. The average molecular weight is 1250 g/mol. The van der Waals surface area contributed by atoms with Crippen LogP contribution in [0.1, 0.15) is 70.9 Å². The van der Waals surface area contributed by atoms with Crippen molar-refractivity contribution < 1.29 is 160 Å². The molecule has 2 aliphatic heterocycles. The number of alkyl halides is 1. The Bertz CT molecular complexity index is 2920. The van der Waals surface area contributed by atoms with Gasteiger partial charge in [0.2, 0.25) is 11.8 Å². The molecule has 2 amide bonds. The van der Waals surface area contributed by atoms with Crippen LogP contribution in [0.5, 0.6) is 0 Å². The number of hydrogen-bond donors (Lipinski definition) is 2. The van der Waals surface area contributed by atoms with Gasteiger partial charge in [-0.05, 0) is 111 Å². The molecule has 2 fully saturated rings. The molecule has 8 rings (SSSR count). The first-order valence-electron chi connectivity index (χ1n) is 26.2. The summed E-state index contributed by atoms with van der Waals surface area (Å²) in [6.45, 7) is 1.48. The van der Waals surface area contributed by atoms with Crippen molar-refractivity contribution >= 4 is 46.2 Å². The molecule has 6 aromatic rings. The SMILES string of the molecule is CN[C@@H]1CCN(C(=O)C(c2ccccc2)c2ccccc2)[C@H](C(=O)OC)C1.COC(=O)[C@@H]1C[C@H](N(C)CC#Cc2ccc(F)cc2)CCN1C(=O)C(c1ccccc1)c1ccccc1.Fc1ccc(C#CCBr)cc1.[2H]OOC=O.[CH2-]F.[K+].[K+]. The van der Waals surface area contributed by atoms with Crippen molar-refractivity contribution in [1.29, 1.82) is 1.43 Å². The van der Waals surface area contributed by atoms with Gasteiger partial charge in [0.05, 0.1) is 37.9 Å². The Kier molecular flexibility index (Phi) is 36.8. The van der Waals surface area contributed by atoms with Crippen LogP contribution in [0.15, 0.2) is 170 Å². The minimum Gasteiger partial charge on any atom is -0.467 e. The predicted octanol–water partition coefficient (Wildman–Crippen LogP) is 4.00. The molecule has 83 heavy (non-hydrogen) atoms. The predicted molar refractivity (Wildman–Crippen MR) is 309 cm³/mol.